The molecule has 1 atom stereocenters. The lowest BCUT2D eigenvalue weighted by molar-refractivity contribution is 0.121. The smallest absolute Gasteiger partial charge is 0.266 e. The summed E-state index contributed by atoms with van der Waals surface area (Å²) in [6, 6.07) is 0. The lowest BCUT2D eigenvalue weighted by atomic mass is 10.2. The second-order valence-electron chi connectivity index (χ2n) is 4.70. The lowest BCUT2D eigenvalue weighted by Gasteiger charge is -2.24. The average molecular weight is 239 g/mol. The summed E-state index contributed by atoms with van der Waals surface area (Å²) < 4.78 is 10.4. The number of aliphatic hydroxyl groups excluding tert-OH is 1. The second kappa shape index (κ2) is 4.62. The summed E-state index contributed by atoms with van der Waals surface area (Å²) >= 11 is 0. The molecule has 1 N–H and O–H groups in total. The molecule has 94 valence electrons. The molecule has 0 radical (unpaired) electrons. The van der Waals surface area contributed by atoms with E-state index < -0.39 is 0 Å². The highest BCUT2D eigenvalue weighted by molar-refractivity contribution is 5.28. The maximum atomic E-state index is 9.80. The Morgan fingerprint density at radius 3 is 2.82 bits per heavy atom. The van der Waals surface area contributed by atoms with Crippen LogP contribution in [0.15, 0.2) is 4.52 Å². The van der Waals surface area contributed by atoms with E-state index in [0.29, 0.717) is 37.4 Å². The summed E-state index contributed by atoms with van der Waals surface area (Å²) in [4.78, 5) is 6.36. The summed E-state index contributed by atoms with van der Waals surface area (Å²) in [5.41, 5.74) is 0. The molecule has 1 aliphatic heterocycles. The van der Waals surface area contributed by atoms with Crippen LogP contribution in [-0.4, -0.2) is 47.7 Å². The molecule has 0 aromatic carbocycles. The van der Waals surface area contributed by atoms with Crippen LogP contribution >= 0.6 is 0 Å². The minimum atomic E-state index is -0.326. The average Bonchev–Trinajstić information content (AvgIpc) is 3.12. The van der Waals surface area contributed by atoms with E-state index in [0.717, 1.165) is 25.9 Å². The van der Waals surface area contributed by atoms with Gasteiger partial charge in [0.25, 0.3) is 5.95 Å². The molecule has 1 saturated carbocycles. The molecule has 3 rings (SSSR count). The molecular formula is C11H17N3O3. The SMILES string of the molecule is OC(Cc1nc(N2CCOCC2)no1)C1CC1. The lowest BCUT2D eigenvalue weighted by Crippen LogP contribution is -2.36. The van der Waals surface area contributed by atoms with Crippen LogP contribution in [0.4, 0.5) is 5.95 Å². The summed E-state index contributed by atoms with van der Waals surface area (Å²) in [5, 5.41) is 13.7. The van der Waals surface area contributed by atoms with Gasteiger partial charge in [0.1, 0.15) is 0 Å². The molecule has 1 aromatic rings. The Morgan fingerprint density at radius 2 is 2.12 bits per heavy atom. The van der Waals surface area contributed by atoms with Crippen molar-refractivity contribution in [3.63, 3.8) is 0 Å². The van der Waals surface area contributed by atoms with Crippen LogP contribution in [0.3, 0.4) is 0 Å². The third-order valence-electron chi connectivity index (χ3n) is 3.30. The van der Waals surface area contributed by atoms with Gasteiger partial charge >= 0.3 is 0 Å². The highest BCUT2D eigenvalue weighted by Crippen LogP contribution is 2.33. The minimum absolute atomic E-state index is 0.326. The first-order valence-electron chi connectivity index (χ1n) is 6.16. The van der Waals surface area contributed by atoms with Gasteiger partial charge in [0.05, 0.1) is 25.7 Å². The maximum absolute atomic E-state index is 9.80. The Labute approximate surface area is 99.6 Å². The number of rotatable bonds is 4. The van der Waals surface area contributed by atoms with Gasteiger partial charge in [0, 0.05) is 13.1 Å². The zero-order valence-corrected chi connectivity index (χ0v) is 9.71. The van der Waals surface area contributed by atoms with Gasteiger partial charge in [-0.05, 0) is 23.9 Å². The molecule has 6 nitrogen and oxygen atoms in total. The largest absolute Gasteiger partial charge is 0.392 e. The van der Waals surface area contributed by atoms with Crippen LogP contribution in [0.5, 0.6) is 0 Å². The first kappa shape index (κ1) is 11.0. The first-order chi connectivity index (χ1) is 8.33. The van der Waals surface area contributed by atoms with E-state index in [4.69, 9.17) is 9.26 Å². The predicted octanol–water partition coefficient (Wildman–Crippen LogP) is 0.220. The van der Waals surface area contributed by atoms with E-state index in [1.165, 1.54) is 0 Å². The number of ether oxygens (including phenoxy) is 1. The molecule has 6 heteroatoms. The molecule has 2 aliphatic rings. The quantitative estimate of drug-likeness (QED) is 0.810. The molecular weight excluding hydrogens is 222 g/mol. The summed E-state index contributed by atoms with van der Waals surface area (Å²) in [5.74, 6) is 1.59. The van der Waals surface area contributed by atoms with Crippen LogP contribution < -0.4 is 4.90 Å². The van der Waals surface area contributed by atoms with Crippen LogP contribution in [-0.2, 0) is 11.2 Å². The Kier molecular flexibility index (Phi) is 2.98. The molecule has 2 heterocycles. The Balaban J connectivity index is 1.60. The molecule has 1 aromatic heterocycles. The zero-order chi connectivity index (χ0) is 11.7. The third-order valence-corrected chi connectivity index (χ3v) is 3.30. The molecule has 0 amide bonds. The molecule has 1 unspecified atom stereocenters. The molecule has 1 aliphatic carbocycles. The number of nitrogens with zero attached hydrogens (tertiary/aromatic N) is 3. The van der Waals surface area contributed by atoms with Crippen molar-refractivity contribution in [3.05, 3.63) is 5.89 Å². The van der Waals surface area contributed by atoms with Gasteiger partial charge in [-0.25, -0.2) is 0 Å². The Morgan fingerprint density at radius 1 is 1.35 bits per heavy atom. The maximum Gasteiger partial charge on any atom is 0.266 e. The third kappa shape index (κ3) is 2.58. The number of hydrogen-bond acceptors (Lipinski definition) is 6. The van der Waals surface area contributed by atoms with Crippen LogP contribution in [0.25, 0.3) is 0 Å². The first-order valence-corrected chi connectivity index (χ1v) is 6.16. The molecule has 1 saturated heterocycles. The van der Waals surface area contributed by atoms with Crippen LogP contribution in [0.1, 0.15) is 18.7 Å². The summed E-state index contributed by atoms with van der Waals surface area (Å²) in [7, 11) is 0. The number of anilines is 1. The van der Waals surface area contributed by atoms with E-state index in [1.807, 2.05) is 4.90 Å². The molecule has 0 spiro atoms. The number of hydrogen-bond donors (Lipinski definition) is 1. The fourth-order valence-corrected chi connectivity index (χ4v) is 2.05. The van der Waals surface area contributed by atoms with Gasteiger partial charge in [-0.15, -0.1) is 0 Å². The van der Waals surface area contributed by atoms with E-state index in [9.17, 15) is 5.11 Å². The predicted molar refractivity (Wildman–Crippen MR) is 59.8 cm³/mol. The van der Waals surface area contributed by atoms with Gasteiger partial charge < -0.3 is 19.3 Å². The van der Waals surface area contributed by atoms with Gasteiger partial charge in [-0.2, -0.15) is 4.98 Å². The number of morpholine rings is 1. The van der Waals surface area contributed by atoms with Crippen molar-refractivity contribution >= 4 is 5.95 Å². The van der Waals surface area contributed by atoms with E-state index in [-0.39, 0.29) is 6.10 Å². The van der Waals surface area contributed by atoms with Crippen molar-refractivity contribution in [1.29, 1.82) is 0 Å². The van der Waals surface area contributed by atoms with Crippen molar-refractivity contribution in [2.45, 2.75) is 25.4 Å². The fraction of sp³-hybridized carbons (Fsp3) is 0.818. The summed E-state index contributed by atoms with van der Waals surface area (Å²) in [6.45, 7) is 3.00. The fourth-order valence-electron chi connectivity index (χ4n) is 2.05. The zero-order valence-electron chi connectivity index (χ0n) is 9.71. The highest BCUT2D eigenvalue weighted by atomic mass is 16.5. The van der Waals surface area contributed by atoms with Gasteiger partial charge in [-0.1, -0.05) is 0 Å². The second-order valence-corrected chi connectivity index (χ2v) is 4.70. The molecule has 17 heavy (non-hydrogen) atoms. The van der Waals surface area contributed by atoms with Gasteiger partial charge in [-0.3, -0.25) is 0 Å². The topological polar surface area (TPSA) is 71.6 Å². The van der Waals surface area contributed by atoms with Crippen molar-refractivity contribution in [1.82, 2.24) is 10.1 Å². The highest BCUT2D eigenvalue weighted by Gasteiger charge is 2.31. The van der Waals surface area contributed by atoms with E-state index in [2.05, 4.69) is 10.1 Å². The van der Waals surface area contributed by atoms with Crippen LogP contribution in [0.2, 0.25) is 0 Å². The monoisotopic (exact) mass is 239 g/mol. The number of aliphatic hydroxyl groups is 1. The van der Waals surface area contributed by atoms with Crippen molar-refractivity contribution in [2.24, 2.45) is 5.92 Å². The summed E-state index contributed by atoms with van der Waals surface area (Å²) in [6.07, 6.45) is 2.38. The van der Waals surface area contributed by atoms with Gasteiger partial charge in [0.15, 0.2) is 0 Å². The van der Waals surface area contributed by atoms with E-state index >= 15 is 0 Å². The van der Waals surface area contributed by atoms with Crippen molar-refractivity contribution < 1.29 is 14.4 Å². The standard InChI is InChI=1S/C11H17N3O3/c15-9(8-1-2-8)7-10-12-11(13-17-10)14-3-5-16-6-4-14/h8-9,15H,1-7H2. The van der Waals surface area contributed by atoms with Gasteiger partial charge in [0.2, 0.25) is 5.89 Å². The molecule has 2 fully saturated rings. The Hall–Kier alpha value is -1.14. The minimum Gasteiger partial charge on any atom is -0.392 e. The van der Waals surface area contributed by atoms with Crippen molar-refractivity contribution in [2.75, 3.05) is 31.2 Å². The normalized spacial score (nSPS) is 22.8. The number of aromatic nitrogens is 2. The Bertz CT molecular complexity index is 372. The van der Waals surface area contributed by atoms with Crippen LogP contribution in [0, 0.1) is 5.92 Å². The molecule has 0 bridgehead atoms. The van der Waals surface area contributed by atoms with Crippen molar-refractivity contribution in [3.8, 4) is 0 Å². The van der Waals surface area contributed by atoms with E-state index in [1.54, 1.807) is 0 Å².